The van der Waals surface area contributed by atoms with E-state index in [1.165, 1.54) is 15.6 Å². The van der Waals surface area contributed by atoms with Crippen LogP contribution in [0.2, 0.25) is 0 Å². The van der Waals surface area contributed by atoms with E-state index in [4.69, 9.17) is 5.11 Å². The average molecular weight is 298 g/mol. The second-order valence-corrected chi connectivity index (χ2v) is 5.77. The van der Waals surface area contributed by atoms with E-state index in [2.05, 4.69) is 35.0 Å². The molecule has 2 heterocycles. The molecule has 0 aliphatic carbocycles. The molecule has 2 atom stereocenters. The van der Waals surface area contributed by atoms with Crippen molar-refractivity contribution in [2.75, 3.05) is 6.54 Å². The minimum absolute atomic E-state index is 0. The van der Waals surface area contributed by atoms with Crippen molar-refractivity contribution in [3.8, 4) is 0 Å². The van der Waals surface area contributed by atoms with E-state index >= 15 is 0 Å². The fourth-order valence-electron chi connectivity index (χ4n) is 2.65. The van der Waals surface area contributed by atoms with Crippen molar-refractivity contribution < 1.29 is 9.90 Å². The molecule has 0 radical (unpaired) electrons. The Balaban J connectivity index is 0.00000133. The van der Waals surface area contributed by atoms with Gasteiger partial charge in [-0.05, 0) is 47.7 Å². The number of carboxylic acid groups (broad SMARTS) is 1. The number of halogens is 1. The maximum absolute atomic E-state index is 10.9. The highest BCUT2D eigenvalue weighted by atomic mass is 35.5. The number of aliphatic carboxylic acids is 1. The number of benzene rings is 1. The Labute approximate surface area is 122 Å². The van der Waals surface area contributed by atoms with Gasteiger partial charge in [-0.25, -0.2) is 0 Å². The first-order valence-electron chi connectivity index (χ1n) is 6.15. The molecular weight excluding hydrogens is 282 g/mol. The zero-order valence-corrected chi connectivity index (χ0v) is 12.0. The molecule has 1 aliphatic heterocycles. The van der Waals surface area contributed by atoms with Crippen molar-refractivity contribution in [3.63, 3.8) is 0 Å². The number of nitrogens with one attached hydrogen (secondary N) is 1. The molecule has 1 aromatic carbocycles. The maximum Gasteiger partial charge on any atom is 0.320 e. The van der Waals surface area contributed by atoms with Crippen molar-refractivity contribution in [3.05, 3.63) is 35.2 Å². The van der Waals surface area contributed by atoms with Gasteiger partial charge in [0.25, 0.3) is 0 Å². The first-order valence-corrected chi connectivity index (χ1v) is 7.03. The zero-order chi connectivity index (χ0) is 12.5. The van der Waals surface area contributed by atoms with E-state index < -0.39 is 5.97 Å². The van der Waals surface area contributed by atoms with E-state index in [1.54, 1.807) is 11.3 Å². The third-order valence-electron chi connectivity index (χ3n) is 3.59. The highest BCUT2D eigenvalue weighted by molar-refractivity contribution is 7.17. The van der Waals surface area contributed by atoms with Crippen molar-refractivity contribution in [2.24, 2.45) is 5.92 Å². The van der Waals surface area contributed by atoms with Crippen LogP contribution < -0.4 is 5.32 Å². The first kappa shape index (κ1) is 14.3. The summed E-state index contributed by atoms with van der Waals surface area (Å²) in [6, 6.07) is 8.04. The normalized spacial score (nSPS) is 22.3. The number of hydrogen-bond donors (Lipinski definition) is 2. The summed E-state index contributed by atoms with van der Waals surface area (Å²) < 4.78 is 1.31. The van der Waals surface area contributed by atoms with Crippen LogP contribution in [0.5, 0.6) is 0 Å². The molecule has 19 heavy (non-hydrogen) atoms. The van der Waals surface area contributed by atoms with Crippen LogP contribution in [0, 0.1) is 5.92 Å². The Hall–Kier alpha value is -1.10. The molecule has 0 saturated carbocycles. The number of thiophene rings is 1. The predicted octanol–water partition coefficient (Wildman–Crippen LogP) is 2.93. The van der Waals surface area contributed by atoms with E-state index in [0.29, 0.717) is 5.92 Å². The monoisotopic (exact) mass is 297 g/mol. The molecule has 2 N–H and O–H groups in total. The topological polar surface area (TPSA) is 49.3 Å². The van der Waals surface area contributed by atoms with Crippen LogP contribution >= 0.6 is 23.7 Å². The summed E-state index contributed by atoms with van der Waals surface area (Å²) in [5.41, 5.74) is 1.36. The predicted molar refractivity (Wildman–Crippen MR) is 80.3 cm³/mol. The van der Waals surface area contributed by atoms with Gasteiger partial charge in [0.15, 0.2) is 0 Å². The van der Waals surface area contributed by atoms with Gasteiger partial charge in [0, 0.05) is 4.70 Å². The molecular formula is C14H16ClNO2S. The van der Waals surface area contributed by atoms with E-state index in [1.807, 2.05) is 0 Å². The van der Waals surface area contributed by atoms with Gasteiger partial charge in [-0.15, -0.1) is 23.7 Å². The molecule has 0 spiro atoms. The molecule has 2 aromatic rings. The molecule has 3 nitrogen and oxygen atoms in total. The van der Waals surface area contributed by atoms with Crippen molar-refractivity contribution >= 4 is 39.8 Å². The highest BCUT2D eigenvalue weighted by Gasteiger charge is 2.29. The fourth-order valence-corrected chi connectivity index (χ4v) is 3.63. The number of rotatable bonds is 3. The van der Waals surface area contributed by atoms with Crippen molar-refractivity contribution in [2.45, 2.75) is 18.9 Å². The Morgan fingerprint density at radius 3 is 2.95 bits per heavy atom. The third kappa shape index (κ3) is 2.91. The Kier molecular flexibility index (Phi) is 4.45. The van der Waals surface area contributed by atoms with Gasteiger partial charge in [0.05, 0.1) is 0 Å². The average Bonchev–Trinajstić information content (AvgIpc) is 2.98. The van der Waals surface area contributed by atoms with Crippen LogP contribution in [0.3, 0.4) is 0 Å². The van der Waals surface area contributed by atoms with Crippen LogP contribution in [0.1, 0.15) is 12.0 Å². The van der Waals surface area contributed by atoms with Crippen LogP contribution in [-0.4, -0.2) is 23.7 Å². The third-order valence-corrected chi connectivity index (χ3v) is 4.60. The summed E-state index contributed by atoms with van der Waals surface area (Å²) in [6.07, 6.45) is 1.71. The summed E-state index contributed by atoms with van der Waals surface area (Å²) in [6.45, 7) is 0.807. The number of carboxylic acids is 1. The zero-order valence-electron chi connectivity index (χ0n) is 10.3. The Morgan fingerprint density at radius 2 is 2.21 bits per heavy atom. The number of fused-ring (bicyclic) bond motifs is 1. The van der Waals surface area contributed by atoms with E-state index in [-0.39, 0.29) is 18.4 Å². The summed E-state index contributed by atoms with van der Waals surface area (Å²) in [5.74, 6) is -0.295. The fraction of sp³-hybridized carbons (Fsp3) is 0.357. The highest BCUT2D eigenvalue weighted by Crippen LogP contribution is 2.29. The molecule has 1 saturated heterocycles. The molecule has 1 fully saturated rings. The standard InChI is InChI=1S/C14H15NO2S.ClH/c16-14(17)12-6-9(7-15-12)5-10-8-18-13-4-2-1-3-11(10)13;/h1-4,8-9,12,15H,5-7H2,(H,16,17);1H/t9-,12+;/m1./s1. The number of hydrogen-bond acceptors (Lipinski definition) is 3. The van der Waals surface area contributed by atoms with Crippen LogP contribution in [-0.2, 0) is 11.2 Å². The van der Waals surface area contributed by atoms with E-state index in [0.717, 1.165) is 19.4 Å². The Bertz CT molecular complexity index is 584. The smallest absolute Gasteiger partial charge is 0.320 e. The first-order chi connectivity index (χ1) is 8.74. The van der Waals surface area contributed by atoms with Crippen LogP contribution in [0.25, 0.3) is 10.1 Å². The van der Waals surface area contributed by atoms with Crippen molar-refractivity contribution in [1.29, 1.82) is 0 Å². The minimum Gasteiger partial charge on any atom is -0.480 e. The summed E-state index contributed by atoms with van der Waals surface area (Å²) >= 11 is 1.77. The summed E-state index contributed by atoms with van der Waals surface area (Å²) in [5, 5.41) is 15.6. The molecule has 0 amide bonds. The lowest BCUT2D eigenvalue weighted by molar-refractivity contribution is -0.139. The van der Waals surface area contributed by atoms with Crippen molar-refractivity contribution in [1.82, 2.24) is 5.32 Å². The maximum atomic E-state index is 10.9. The molecule has 3 rings (SSSR count). The molecule has 1 aliphatic rings. The minimum atomic E-state index is -0.729. The molecule has 0 unspecified atom stereocenters. The van der Waals surface area contributed by atoms with Gasteiger partial charge in [-0.3, -0.25) is 4.79 Å². The van der Waals surface area contributed by atoms with Gasteiger partial charge in [-0.2, -0.15) is 0 Å². The molecule has 1 aromatic heterocycles. The largest absolute Gasteiger partial charge is 0.480 e. The SMILES string of the molecule is Cl.O=C(O)[C@@H]1C[C@@H](Cc2csc3ccccc23)CN1. The van der Waals surface area contributed by atoms with Crippen LogP contribution in [0.4, 0.5) is 0 Å². The van der Waals surface area contributed by atoms with E-state index in [9.17, 15) is 4.79 Å². The van der Waals surface area contributed by atoms with Crippen LogP contribution in [0.15, 0.2) is 29.6 Å². The van der Waals surface area contributed by atoms with Gasteiger partial charge in [-0.1, -0.05) is 18.2 Å². The summed E-state index contributed by atoms with van der Waals surface area (Å²) in [7, 11) is 0. The Morgan fingerprint density at radius 1 is 1.42 bits per heavy atom. The molecule has 0 bridgehead atoms. The van der Waals surface area contributed by atoms with Gasteiger partial charge in [0.1, 0.15) is 6.04 Å². The number of carbonyl (C=O) groups is 1. The lowest BCUT2D eigenvalue weighted by atomic mass is 9.96. The van der Waals surface area contributed by atoms with Gasteiger partial charge >= 0.3 is 5.97 Å². The molecule has 5 heteroatoms. The lowest BCUT2D eigenvalue weighted by Gasteiger charge is -2.07. The molecule has 102 valence electrons. The summed E-state index contributed by atoms with van der Waals surface area (Å²) in [4.78, 5) is 10.9. The van der Waals surface area contributed by atoms with Gasteiger partial charge < -0.3 is 10.4 Å². The second-order valence-electron chi connectivity index (χ2n) is 4.86. The quantitative estimate of drug-likeness (QED) is 0.916. The van der Waals surface area contributed by atoms with Gasteiger partial charge in [0.2, 0.25) is 0 Å². The lowest BCUT2D eigenvalue weighted by Crippen LogP contribution is -2.29. The second kappa shape index (κ2) is 5.90.